The van der Waals surface area contributed by atoms with Crippen molar-refractivity contribution in [1.82, 2.24) is 14.5 Å². The Labute approximate surface area is 246 Å². The number of nitro benzene ring substituents is 1. The normalized spacial score (nSPS) is 11.8. The highest BCUT2D eigenvalue weighted by molar-refractivity contribution is 7.07. The molecule has 8 nitrogen and oxygen atoms in total. The van der Waals surface area contributed by atoms with E-state index in [1.165, 1.54) is 29.0 Å². The maximum Gasteiger partial charge on any atom is 0.269 e. The van der Waals surface area contributed by atoms with Crippen LogP contribution in [0.3, 0.4) is 0 Å². The molecule has 0 unspecified atom stereocenters. The van der Waals surface area contributed by atoms with Crippen molar-refractivity contribution in [2.45, 2.75) is 6.42 Å². The Bertz CT molecular complexity index is 1890. The molecule has 0 N–H and O–H groups in total. The first kappa shape index (κ1) is 26.8. The van der Waals surface area contributed by atoms with E-state index >= 15 is 0 Å². The number of non-ortho nitro benzene ring substituents is 1. The van der Waals surface area contributed by atoms with Gasteiger partial charge in [-0.1, -0.05) is 78.9 Å². The van der Waals surface area contributed by atoms with E-state index in [9.17, 15) is 10.1 Å². The Morgan fingerprint density at radius 2 is 1.50 bits per heavy atom. The van der Waals surface area contributed by atoms with Gasteiger partial charge in [-0.15, -0.1) is 11.3 Å². The van der Waals surface area contributed by atoms with Gasteiger partial charge in [-0.05, 0) is 36.2 Å². The van der Waals surface area contributed by atoms with Crippen molar-refractivity contribution in [1.29, 1.82) is 0 Å². The Morgan fingerprint density at radius 1 is 0.833 bits per heavy atom. The molecule has 9 heteroatoms. The minimum Gasteiger partial charge on any atom is -0.258 e. The second kappa shape index (κ2) is 12.4. The second-order valence-corrected chi connectivity index (χ2v) is 10.3. The quantitative estimate of drug-likeness (QED) is 0.106. The lowest BCUT2D eigenvalue weighted by Crippen LogP contribution is -2.13. The SMILES string of the molecule is O=[N+]([O-])c1ccc(-c2csc(=NCCc3ccccc3)n2N=Cc2cn(-c3ccccc3)nc2-c2ccccc2)cc1. The van der Waals surface area contributed by atoms with E-state index in [2.05, 4.69) is 12.1 Å². The van der Waals surface area contributed by atoms with Crippen LogP contribution in [0.15, 0.2) is 137 Å². The molecule has 0 aliphatic carbocycles. The summed E-state index contributed by atoms with van der Waals surface area (Å²) in [6.45, 7) is 0.598. The fourth-order valence-electron chi connectivity index (χ4n) is 4.53. The van der Waals surface area contributed by atoms with E-state index in [1.807, 2.05) is 95.1 Å². The molecular weight excluding hydrogens is 544 g/mol. The molecule has 0 bridgehead atoms. The number of hydrogen-bond donors (Lipinski definition) is 0. The lowest BCUT2D eigenvalue weighted by molar-refractivity contribution is -0.384. The maximum absolute atomic E-state index is 11.2. The van der Waals surface area contributed by atoms with Gasteiger partial charge >= 0.3 is 0 Å². The molecule has 0 saturated carbocycles. The molecular formula is C33H26N6O2S. The Balaban J connectivity index is 1.42. The summed E-state index contributed by atoms with van der Waals surface area (Å²) in [5.74, 6) is 0. The monoisotopic (exact) mass is 570 g/mol. The molecule has 4 aromatic carbocycles. The van der Waals surface area contributed by atoms with Crippen molar-refractivity contribution >= 4 is 23.2 Å². The van der Waals surface area contributed by atoms with Crippen LogP contribution in [0.4, 0.5) is 5.69 Å². The number of para-hydroxylation sites is 1. The van der Waals surface area contributed by atoms with E-state index in [0.717, 1.165) is 45.0 Å². The molecule has 0 atom stereocenters. The molecule has 206 valence electrons. The molecule has 0 aliphatic heterocycles. The first-order chi connectivity index (χ1) is 20.7. The summed E-state index contributed by atoms with van der Waals surface area (Å²) in [6, 6.07) is 36.7. The fourth-order valence-corrected chi connectivity index (χ4v) is 5.40. The predicted molar refractivity (Wildman–Crippen MR) is 167 cm³/mol. The van der Waals surface area contributed by atoms with Crippen LogP contribution >= 0.6 is 11.3 Å². The highest BCUT2D eigenvalue weighted by Crippen LogP contribution is 2.25. The van der Waals surface area contributed by atoms with Crippen LogP contribution in [0, 0.1) is 10.1 Å². The van der Waals surface area contributed by atoms with Crippen molar-refractivity contribution in [2.75, 3.05) is 6.54 Å². The third kappa shape index (κ3) is 6.01. The van der Waals surface area contributed by atoms with Crippen molar-refractivity contribution in [3.05, 3.63) is 153 Å². The molecule has 0 amide bonds. The zero-order chi connectivity index (χ0) is 28.7. The van der Waals surface area contributed by atoms with E-state index in [0.29, 0.717) is 6.54 Å². The average molecular weight is 571 g/mol. The number of hydrogen-bond acceptors (Lipinski definition) is 6. The third-order valence-electron chi connectivity index (χ3n) is 6.67. The number of nitrogens with zero attached hydrogens (tertiary/aromatic N) is 6. The first-order valence-electron chi connectivity index (χ1n) is 13.4. The van der Waals surface area contributed by atoms with Gasteiger partial charge in [-0.25, -0.2) is 9.36 Å². The number of nitro groups is 1. The molecule has 0 saturated heterocycles. The molecule has 42 heavy (non-hydrogen) atoms. The fraction of sp³-hybridized carbons (Fsp3) is 0.0606. The highest BCUT2D eigenvalue weighted by atomic mass is 32.1. The highest BCUT2D eigenvalue weighted by Gasteiger charge is 2.13. The summed E-state index contributed by atoms with van der Waals surface area (Å²) in [6.07, 6.45) is 4.57. The molecule has 2 heterocycles. The topological polar surface area (TPSA) is 90.6 Å². The van der Waals surface area contributed by atoms with Crippen molar-refractivity contribution < 1.29 is 4.92 Å². The largest absolute Gasteiger partial charge is 0.269 e. The van der Waals surface area contributed by atoms with Crippen LogP contribution in [-0.2, 0) is 6.42 Å². The van der Waals surface area contributed by atoms with Crippen LogP contribution < -0.4 is 4.80 Å². The molecule has 0 radical (unpaired) electrons. The first-order valence-corrected chi connectivity index (χ1v) is 14.3. The molecule has 6 rings (SSSR count). The van der Waals surface area contributed by atoms with Crippen molar-refractivity contribution in [3.8, 4) is 28.2 Å². The summed E-state index contributed by atoms with van der Waals surface area (Å²) >= 11 is 1.48. The van der Waals surface area contributed by atoms with Crippen LogP contribution in [0.5, 0.6) is 0 Å². The molecule has 0 aliphatic rings. The van der Waals surface area contributed by atoms with Gasteiger partial charge in [0.2, 0.25) is 4.80 Å². The van der Waals surface area contributed by atoms with Gasteiger partial charge in [0.25, 0.3) is 5.69 Å². The summed E-state index contributed by atoms with van der Waals surface area (Å²) in [5.41, 5.74) is 6.42. The lowest BCUT2D eigenvalue weighted by Gasteiger charge is -2.04. The second-order valence-electron chi connectivity index (χ2n) is 9.46. The Kier molecular flexibility index (Phi) is 7.91. The van der Waals surface area contributed by atoms with Gasteiger partial charge in [0.05, 0.1) is 22.5 Å². The zero-order valence-electron chi connectivity index (χ0n) is 22.5. The number of rotatable bonds is 9. The Morgan fingerprint density at radius 3 is 2.19 bits per heavy atom. The smallest absolute Gasteiger partial charge is 0.258 e. The molecule has 2 aromatic heterocycles. The lowest BCUT2D eigenvalue weighted by atomic mass is 10.1. The van der Waals surface area contributed by atoms with E-state index in [-0.39, 0.29) is 5.69 Å². The van der Waals surface area contributed by atoms with Crippen LogP contribution in [0.25, 0.3) is 28.2 Å². The summed E-state index contributed by atoms with van der Waals surface area (Å²) in [7, 11) is 0. The minimum atomic E-state index is -0.399. The summed E-state index contributed by atoms with van der Waals surface area (Å²) in [5, 5.41) is 23.0. The number of thiazole rings is 1. The van der Waals surface area contributed by atoms with Crippen LogP contribution in [0.2, 0.25) is 0 Å². The Hall–Kier alpha value is -5.41. The van der Waals surface area contributed by atoms with Gasteiger partial charge in [0.15, 0.2) is 0 Å². The molecule has 0 fully saturated rings. The third-order valence-corrected chi connectivity index (χ3v) is 7.53. The zero-order valence-corrected chi connectivity index (χ0v) is 23.3. The standard InChI is InChI=1S/C33H26N6O2S/c40-39(41)30-18-16-26(17-19-30)31-24-42-33(34-21-20-25-10-4-1-5-11-25)38(31)35-22-28-23-37(29-14-8-3-9-15-29)36-32(28)27-12-6-2-7-13-27/h1-19,22-24H,20-21H2. The van der Waals surface area contributed by atoms with Crippen molar-refractivity contribution in [2.24, 2.45) is 10.1 Å². The minimum absolute atomic E-state index is 0.0395. The van der Waals surface area contributed by atoms with Gasteiger partial charge < -0.3 is 0 Å². The van der Waals surface area contributed by atoms with Gasteiger partial charge in [-0.3, -0.25) is 15.1 Å². The molecule has 0 spiro atoms. The number of aromatic nitrogens is 3. The summed E-state index contributed by atoms with van der Waals surface area (Å²) < 4.78 is 3.65. The molecule has 6 aromatic rings. The average Bonchev–Trinajstić information content (AvgIpc) is 3.66. The van der Waals surface area contributed by atoms with E-state index in [1.54, 1.807) is 23.0 Å². The van der Waals surface area contributed by atoms with Crippen LogP contribution in [-0.4, -0.2) is 32.1 Å². The van der Waals surface area contributed by atoms with E-state index < -0.39 is 4.92 Å². The maximum atomic E-state index is 11.2. The van der Waals surface area contributed by atoms with Gasteiger partial charge in [0.1, 0.15) is 5.69 Å². The summed E-state index contributed by atoms with van der Waals surface area (Å²) in [4.78, 5) is 16.4. The van der Waals surface area contributed by atoms with Crippen molar-refractivity contribution in [3.63, 3.8) is 0 Å². The van der Waals surface area contributed by atoms with Gasteiger partial charge in [-0.2, -0.15) is 10.2 Å². The van der Waals surface area contributed by atoms with Crippen LogP contribution in [0.1, 0.15) is 11.1 Å². The predicted octanol–water partition coefficient (Wildman–Crippen LogP) is 7.00. The van der Waals surface area contributed by atoms with E-state index in [4.69, 9.17) is 15.2 Å². The van der Waals surface area contributed by atoms with Gasteiger partial charge in [0, 0.05) is 46.9 Å². The number of benzene rings is 4.